The number of carbonyl (C=O) groups is 3. The van der Waals surface area contributed by atoms with Crippen molar-refractivity contribution in [2.75, 3.05) is 4.90 Å². The smallest absolute Gasteiger partial charge is 0.307 e. The number of fused-ring (bicyclic) bond motifs is 2. The molecule has 2 amide bonds. The van der Waals surface area contributed by atoms with Gasteiger partial charge >= 0.3 is 5.97 Å². The van der Waals surface area contributed by atoms with E-state index >= 15 is 4.39 Å². The third kappa shape index (κ3) is 4.94. The average molecular weight is 562 g/mol. The Morgan fingerprint density at radius 1 is 0.667 bits per heavy atom. The number of hydrogen-bond acceptors (Lipinski definition) is 5. The Morgan fingerprint density at radius 3 is 1.60 bits per heavy atom. The molecule has 7 nitrogen and oxygen atoms in total. The lowest BCUT2D eigenvalue weighted by molar-refractivity contribution is -0.136. The van der Waals surface area contributed by atoms with Gasteiger partial charge in [0.25, 0.3) is 11.8 Å². The molecule has 0 saturated heterocycles. The topological polar surface area (TPSA) is 93.1 Å². The van der Waals surface area contributed by atoms with Crippen LogP contribution in [0.1, 0.15) is 37.4 Å². The number of rotatable bonds is 9. The molecule has 1 aliphatic heterocycles. The maximum absolute atomic E-state index is 15.3. The minimum atomic E-state index is -1.13. The van der Waals surface area contributed by atoms with Crippen molar-refractivity contribution in [2.24, 2.45) is 0 Å². The lowest BCUT2D eigenvalue weighted by atomic mass is 9.98. The van der Waals surface area contributed by atoms with Crippen LogP contribution < -0.4 is 14.4 Å². The van der Waals surface area contributed by atoms with E-state index < -0.39 is 30.0 Å². The molecule has 0 atom stereocenters. The van der Waals surface area contributed by atoms with Crippen molar-refractivity contribution in [3.05, 3.63) is 137 Å². The van der Waals surface area contributed by atoms with E-state index in [1.54, 1.807) is 24.3 Å². The van der Waals surface area contributed by atoms with E-state index in [1.165, 1.54) is 12.1 Å². The van der Waals surface area contributed by atoms with Crippen molar-refractivity contribution in [3.8, 4) is 11.5 Å². The van der Waals surface area contributed by atoms with E-state index in [1.807, 2.05) is 60.7 Å². The van der Waals surface area contributed by atoms with Gasteiger partial charge in [0.05, 0.1) is 23.2 Å². The van der Waals surface area contributed by atoms with Gasteiger partial charge in [-0.05, 0) is 28.8 Å². The van der Waals surface area contributed by atoms with Crippen molar-refractivity contribution in [1.29, 1.82) is 0 Å². The Hall–Kier alpha value is -5.50. The van der Waals surface area contributed by atoms with Crippen LogP contribution in [0.4, 0.5) is 10.1 Å². The van der Waals surface area contributed by atoms with E-state index in [2.05, 4.69) is 0 Å². The van der Waals surface area contributed by atoms with Crippen molar-refractivity contribution in [2.45, 2.75) is 19.6 Å². The number of amides is 2. The number of carboxylic acid groups (broad SMARTS) is 1. The van der Waals surface area contributed by atoms with Crippen LogP contribution in [-0.2, 0) is 24.4 Å². The quantitative estimate of drug-likeness (QED) is 0.205. The van der Waals surface area contributed by atoms with Gasteiger partial charge in [-0.3, -0.25) is 14.4 Å². The summed E-state index contributed by atoms with van der Waals surface area (Å²) in [6, 6.07) is 29.6. The summed E-state index contributed by atoms with van der Waals surface area (Å²) in [4.78, 5) is 39.9. The fourth-order valence-corrected chi connectivity index (χ4v) is 5.09. The molecule has 0 bridgehead atoms. The summed E-state index contributed by atoms with van der Waals surface area (Å²) in [6.45, 7) is 0.252. The maximum Gasteiger partial charge on any atom is 0.307 e. The molecule has 0 saturated carbocycles. The second kappa shape index (κ2) is 11.2. The molecule has 6 rings (SSSR count). The van der Waals surface area contributed by atoms with Crippen LogP contribution in [0.2, 0.25) is 0 Å². The summed E-state index contributed by atoms with van der Waals surface area (Å²) in [5.74, 6) is -3.17. The van der Waals surface area contributed by atoms with E-state index in [9.17, 15) is 14.4 Å². The molecule has 0 aromatic heterocycles. The number of aliphatic carboxylic acids is 1. The highest BCUT2D eigenvalue weighted by Gasteiger charge is 2.44. The first-order chi connectivity index (χ1) is 20.4. The van der Waals surface area contributed by atoms with Crippen LogP contribution in [-0.4, -0.2) is 22.9 Å². The molecule has 1 aliphatic rings. The molecule has 0 spiro atoms. The zero-order valence-corrected chi connectivity index (χ0v) is 22.2. The Bertz CT molecular complexity index is 1740. The van der Waals surface area contributed by atoms with Crippen LogP contribution >= 0.6 is 0 Å². The van der Waals surface area contributed by atoms with Crippen LogP contribution in [0.3, 0.4) is 0 Å². The maximum atomic E-state index is 15.3. The Labute approximate surface area is 240 Å². The van der Waals surface area contributed by atoms with E-state index in [4.69, 9.17) is 14.6 Å². The molecule has 8 heteroatoms. The van der Waals surface area contributed by atoms with E-state index in [0.29, 0.717) is 10.8 Å². The van der Waals surface area contributed by atoms with Crippen LogP contribution in [0.5, 0.6) is 11.5 Å². The fourth-order valence-electron chi connectivity index (χ4n) is 5.09. The zero-order chi connectivity index (χ0) is 29.2. The van der Waals surface area contributed by atoms with Crippen molar-refractivity contribution >= 4 is 34.2 Å². The molecule has 42 heavy (non-hydrogen) atoms. The fraction of sp³-hybridized carbons (Fsp3) is 0.0882. The summed E-state index contributed by atoms with van der Waals surface area (Å²) in [7, 11) is 0. The lowest BCUT2D eigenvalue weighted by Gasteiger charge is -2.17. The van der Waals surface area contributed by atoms with Crippen molar-refractivity contribution in [3.63, 3.8) is 0 Å². The average Bonchev–Trinajstić information content (AvgIpc) is 3.25. The molecule has 5 aromatic rings. The Kier molecular flexibility index (Phi) is 7.10. The SMILES string of the molecule is O=C(O)Cc1ccc(N2C(=O)c3c(c(OCc4ccccc4)c4ccccc4c3OCc3ccccc3)C2=O)c(F)c1. The number of hydrogen-bond donors (Lipinski definition) is 1. The van der Waals surface area contributed by atoms with E-state index in [-0.39, 0.29) is 47.1 Å². The Morgan fingerprint density at radius 2 is 1.14 bits per heavy atom. The first-order valence-corrected chi connectivity index (χ1v) is 13.2. The summed E-state index contributed by atoms with van der Waals surface area (Å²) in [5.41, 5.74) is 1.58. The first kappa shape index (κ1) is 26.7. The number of nitrogens with zero attached hydrogens (tertiary/aromatic N) is 1. The van der Waals surface area contributed by atoms with Gasteiger partial charge in [0.2, 0.25) is 0 Å². The highest BCUT2D eigenvalue weighted by Crippen LogP contribution is 2.46. The Balaban J connectivity index is 1.50. The largest absolute Gasteiger partial charge is 0.487 e. The lowest BCUT2D eigenvalue weighted by Crippen LogP contribution is -2.30. The number of ether oxygens (including phenoxy) is 2. The molecule has 0 radical (unpaired) electrons. The molecular formula is C34H24FNO6. The second-order valence-corrected chi connectivity index (χ2v) is 9.80. The summed E-state index contributed by atoms with van der Waals surface area (Å²) in [6.07, 6.45) is -0.403. The van der Waals surface area contributed by atoms with Gasteiger partial charge in [-0.15, -0.1) is 0 Å². The number of carboxylic acids is 1. The highest BCUT2D eigenvalue weighted by molar-refractivity contribution is 6.38. The molecule has 1 heterocycles. The summed E-state index contributed by atoms with van der Waals surface area (Å²) in [5, 5.41) is 10.2. The van der Waals surface area contributed by atoms with Crippen molar-refractivity contribution < 1.29 is 33.4 Å². The normalized spacial score (nSPS) is 12.5. The monoisotopic (exact) mass is 561 g/mol. The number of imide groups is 1. The number of halogens is 1. The zero-order valence-electron chi connectivity index (χ0n) is 22.2. The third-order valence-corrected chi connectivity index (χ3v) is 7.01. The van der Waals surface area contributed by atoms with Gasteiger partial charge in [-0.1, -0.05) is 91.0 Å². The van der Waals surface area contributed by atoms with Gasteiger partial charge in [0.1, 0.15) is 30.5 Å². The number of anilines is 1. The molecule has 5 aromatic carbocycles. The second-order valence-electron chi connectivity index (χ2n) is 9.80. The van der Waals surface area contributed by atoms with Crippen LogP contribution in [0.25, 0.3) is 10.8 Å². The molecule has 208 valence electrons. The van der Waals surface area contributed by atoms with Crippen LogP contribution in [0, 0.1) is 5.82 Å². The van der Waals surface area contributed by atoms with Gasteiger partial charge in [-0.2, -0.15) is 0 Å². The molecule has 1 N–H and O–H groups in total. The number of carbonyl (C=O) groups excluding carboxylic acids is 2. The summed E-state index contributed by atoms with van der Waals surface area (Å²) < 4.78 is 27.8. The van der Waals surface area contributed by atoms with Gasteiger partial charge in [0.15, 0.2) is 0 Å². The minimum Gasteiger partial charge on any atom is -0.487 e. The van der Waals surface area contributed by atoms with Crippen molar-refractivity contribution in [1.82, 2.24) is 0 Å². The minimum absolute atomic E-state index is 0.0216. The van der Waals surface area contributed by atoms with E-state index in [0.717, 1.165) is 22.1 Å². The third-order valence-electron chi connectivity index (χ3n) is 7.01. The van der Waals surface area contributed by atoms with Gasteiger partial charge < -0.3 is 14.6 Å². The number of benzene rings is 5. The predicted molar refractivity (Wildman–Crippen MR) is 154 cm³/mol. The first-order valence-electron chi connectivity index (χ1n) is 13.2. The molecule has 0 unspecified atom stereocenters. The van der Waals surface area contributed by atoms with Crippen LogP contribution in [0.15, 0.2) is 103 Å². The van der Waals surface area contributed by atoms with Gasteiger partial charge in [0, 0.05) is 10.8 Å². The molecular weight excluding hydrogens is 537 g/mol. The predicted octanol–water partition coefficient (Wildman–Crippen LogP) is 6.56. The van der Waals surface area contributed by atoms with Gasteiger partial charge in [-0.25, -0.2) is 9.29 Å². The summed E-state index contributed by atoms with van der Waals surface area (Å²) >= 11 is 0. The molecule has 0 fully saturated rings. The standard InChI is InChI=1S/C34H24FNO6/c35-26-17-23(18-28(37)38)15-16-27(26)36-33(39)29-30(34(36)40)32(42-20-22-11-5-2-6-12-22)25-14-8-7-13-24(25)31(29)41-19-21-9-3-1-4-10-21/h1-17H,18-20H2,(H,37,38). The highest BCUT2D eigenvalue weighted by atomic mass is 19.1. The molecule has 0 aliphatic carbocycles.